The average molecular weight is 193 g/mol. The molecule has 0 unspecified atom stereocenters. The maximum atomic E-state index is 6.02. The van der Waals surface area contributed by atoms with Crippen LogP contribution < -0.4 is 0 Å². The lowest BCUT2D eigenvalue weighted by molar-refractivity contribution is 0.0293. The molecule has 2 atom stereocenters. The van der Waals surface area contributed by atoms with Crippen LogP contribution in [0.4, 0.5) is 0 Å². The first-order valence-electron chi connectivity index (χ1n) is 4.45. The number of ether oxygens (including phenoxy) is 1. The number of benzene rings is 1. The van der Waals surface area contributed by atoms with E-state index in [4.69, 9.17) is 16.3 Å². The van der Waals surface area contributed by atoms with Crippen molar-refractivity contribution in [1.82, 2.24) is 0 Å². The van der Waals surface area contributed by atoms with Gasteiger partial charge in [0.05, 0.1) is 6.10 Å². The largest absolute Gasteiger partial charge is 0.361 e. The quantitative estimate of drug-likeness (QED) is 0.613. The van der Waals surface area contributed by atoms with Crippen LogP contribution in [0.15, 0.2) is 35.4 Å². The van der Waals surface area contributed by atoms with E-state index in [1.54, 1.807) is 0 Å². The van der Waals surface area contributed by atoms with Crippen LogP contribution in [0, 0.1) is 0 Å². The highest BCUT2D eigenvalue weighted by Crippen LogP contribution is 2.47. The fourth-order valence-corrected chi connectivity index (χ4v) is 2.34. The van der Waals surface area contributed by atoms with Crippen molar-refractivity contribution in [2.45, 2.75) is 18.6 Å². The summed E-state index contributed by atoms with van der Waals surface area (Å²) in [5.41, 5.74) is 2.59. The SMILES string of the molecule is ClC1=C[C@@H]2O[C@H](C1)c1ccccc12. The van der Waals surface area contributed by atoms with Gasteiger partial charge in [-0.3, -0.25) is 0 Å². The highest BCUT2D eigenvalue weighted by atomic mass is 35.5. The van der Waals surface area contributed by atoms with Gasteiger partial charge in [0.15, 0.2) is 0 Å². The molecule has 0 N–H and O–H groups in total. The van der Waals surface area contributed by atoms with E-state index in [-0.39, 0.29) is 12.2 Å². The van der Waals surface area contributed by atoms with Crippen LogP contribution in [0.5, 0.6) is 0 Å². The molecule has 0 saturated carbocycles. The molecule has 13 heavy (non-hydrogen) atoms. The van der Waals surface area contributed by atoms with E-state index in [0.717, 1.165) is 11.5 Å². The zero-order valence-corrected chi connectivity index (χ0v) is 7.79. The van der Waals surface area contributed by atoms with E-state index >= 15 is 0 Å². The van der Waals surface area contributed by atoms with E-state index in [2.05, 4.69) is 18.2 Å². The molecule has 66 valence electrons. The zero-order valence-electron chi connectivity index (χ0n) is 7.03. The molecule has 2 bridgehead atoms. The molecule has 0 aromatic heterocycles. The van der Waals surface area contributed by atoms with Gasteiger partial charge in [0, 0.05) is 11.5 Å². The van der Waals surface area contributed by atoms with Crippen LogP contribution in [0.25, 0.3) is 0 Å². The summed E-state index contributed by atoms with van der Waals surface area (Å²) >= 11 is 6.02. The van der Waals surface area contributed by atoms with Gasteiger partial charge in [-0.25, -0.2) is 0 Å². The molecule has 2 heteroatoms. The Morgan fingerprint density at radius 3 is 2.85 bits per heavy atom. The molecule has 0 aliphatic carbocycles. The van der Waals surface area contributed by atoms with Gasteiger partial charge in [-0.05, 0) is 17.2 Å². The van der Waals surface area contributed by atoms with Gasteiger partial charge in [-0.2, -0.15) is 0 Å². The van der Waals surface area contributed by atoms with E-state index in [1.807, 2.05) is 12.1 Å². The molecular formula is C11H9ClO. The highest BCUT2D eigenvalue weighted by Gasteiger charge is 2.33. The van der Waals surface area contributed by atoms with E-state index in [1.165, 1.54) is 11.1 Å². The van der Waals surface area contributed by atoms with Crippen LogP contribution in [-0.4, -0.2) is 0 Å². The van der Waals surface area contributed by atoms with Crippen LogP contribution in [0.3, 0.4) is 0 Å². The van der Waals surface area contributed by atoms with Crippen molar-refractivity contribution in [1.29, 1.82) is 0 Å². The fourth-order valence-electron chi connectivity index (χ4n) is 2.08. The summed E-state index contributed by atoms with van der Waals surface area (Å²) in [6.45, 7) is 0. The predicted octanol–water partition coefficient (Wildman–Crippen LogP) is 3.33. The second kappa shape index (κ2) is 2.60. The molecule has 0 amide bonds. The van der Waals surface area contributed by atoms with Crippen molar-refractivity contribution in [2.75, 3.05) is 0 Å². The van der Waals surface area contributed by atoms with Gasteiger partial charge in [-0.1, -0.05) is 35.9 Å². The van der Waals surface area contributed by atoms with Crippen molar-refractivity contribution in [3.63, 3.8) is 0 Å². The van der Waals surface area contributed by atoms with Crippen molar-refractivity contribution >= 4 is 11.6 Å². The molecule has 2 aliphatic rings. The summed E-state index contributed by atoms with van der Waals surface area (Å²) in [4.78, 5) is 0. The molecule has 0 fully saturated rings. The molecule has 1 nitrogen and oxygen atoms in total. The van der Waals surface area contributed by atoms with Gasteiger partial charge in [0.2, 0.25) is 0 Å². The maximum absolute atomic E-state index is 6.02. The molecule has 2 aliphatic heterocycles. The Bertz CT molecular complexity index is 383. The third kappa shape index (κ3) is 1.04. The van der Waals surface area contributed by atoms with Crippen LogP contribution in [0.1, 0.15) is 29.8 Å². The first-order chi connectivity index (χ1) is 6.34. The molecule has 2 heterocycles. The smallest absolute Gasteiger partial charge is 0.103 e. The first-order valence-corrected chi connectivity index (χ1v) is 4.83. The molecule has 0 spiro atoms. The van der Waals surface area contributed by atoms with Crippen molar-refractivity contribution in [2.24, 2.45) is 0 Å². The third-order valence-electron chi connectivity index (χ3n) is 2.67. The van der Waals surface area contributed by atoms with Crippen molar-refractivity contribution in [3.05, 3.63) is 46.5 Å². The second-order valence-corrected chi connectivity index (χ2v) is 3.98. The van der Waals surface area contributed by atoms with Gasteiger partial charge in [0.25, 0.3) is 0 Å². The monoisotopic (exact) mass is 192 g/mol. The molecule has 0 saturated heterocycles. The Morgan fingerprint density at radius 1 is 1.23 bits per heavy atom. The summed E-state index contributed by atoms with van der Waals surface area (Å²) in [5.74, 6) is 0. The lowest BCUT2D eigenvalue weighted by Gasteiger charge is -2.17. The first kappa shape index (κ1) is 7.60. The van der Waals surface area contributed by atoms with Gasteiger partial charge >= 0.3 is 0 Å². The number of hydrogen-bond donors (Lipinski definition) is 0. The van der Waals surface area contributed by atoms with Crippen LogP contribution in [-0.2, 0) is 4.74 Å². The highest BCUT2D eigenvalue weighted by molar-refractivity contribution is 6.29. The van der Waals surface area contributed by atoms with E-state index in [0.29, 0.717) is 0 Å². The summed E-state index contributed by atoms with van der Waals surface area (Å²) in [6, 6.07) is 8.34. The van der Waals surface area contributed by atoms with Gasteiger partial charge in [0.1, 0.15) is 6.10 Å². The zero-order chi connectivity index (χ0) is 8.84. The standard InChI is InChI=1S/C11H9ClO/c12-7-5-10-8-3-1-2-4-9(8)11(6-7)13-10/h1-5,10-11H,6H2/t10-,11+/m0/s1. The maximum Gasteiger partial charge on any atom is 0.103 e. The average Bonchev–Trinajstić information content (AvgIpc) is 2.41. The third-order valence-corrected chi connectivity index (χ3v) is 2.95. The van der Waals surface area contributed by atoms with Crippen molar-refractivity contribution < 1.29 is 4.74 Å². The minimum absolute atomic E-state index is 0.0995. The number of halogens is 1. The molecule has 3 rings (SSSR count). The van der Waals surface area contributed by atoms with E-state index in [9.17, 15) is 0 Å². The Morgan fingerprint density at radius 2 is 2.00 bits per heavy atom. The number of hydrogen-bond acceptors (Lipinski definition) is 1. The van der Waals surface area contributed by atoms with Crippen LogP contribution >= 0.6 is 11.6 Å². The van der Waals surface area contributed by atoms with Crippen molar-refractivity contribution in [3.8, 4) is 0 Å². The van der Waals surface area contributed by atoms with Crippen LogP contribution in [0.2, 0.25) is 0 Å². The lowest BCUT2D eigenvalue weighted by Crippen LogP contribution is -2.02. The Balaban J connectivity index is 2.17. The molecule has 1 aromatic carbocycles. The normalized spacial score (nSPS) is 29.8. The fraction of sp³-hybridized carbons (Fsp3) is 0.273. The summed E-state index contributed by atoms with van der Waals surface area (Å²) in [5, 5.41) is 0.928. The summed E-state index contributed by atoms with van der Waals surface area (Å²) in [6.07, 6.45) is 3.13. The minimum atomic E-state index is 0.0995. The topological polar surface area (TPSA) is 9.23 Å². The molecule has 0 radical (unpaired) electrons. The van der Waals surface area contributed by atoms with Gasteiger partial charge < -0.3 is 4.74 Å². The van der Waals surface area contributed by atoms with E-state index < -0.39 is 0 Å². The Labute approximate surface area is 82.0 Å². The number of fused-ring (bicyclic) bond motifs is 5. The Kier molecular flexibility index (Phi) is 1.52. The summed E-state index contributed by atoms with van der Waals surface area (Å²) < 4.78 is 5.78. The predicted molar refractivity (Wildman–Crippen MR) is 51.6 cm³/mol. The molecule has 1 aromatic rings. The second-order valence-electron chi connectivity index (χ2n) is 3.49. The minimum Gasteiger partial charge on any atom is -0.361 e. The Hall–Kier alpha value is -0.790. The lowest BCUT2D eigenvalue weighted by atomic mass is 10.0. The molecular weight excluding hydrogens is 184 g/mol. The summed E-state index contributed by atoms with van der Waals surface area (Å²) in [7, 11) is 0. The number of rotatable bonds is 0. The van der Waals surface area contributed by atoms with Gasteiger partial charge in [-0.15, -0.1) is 0 Å².